The number of carbonyl (C=O) groups is 1. The van der Waals surface area contributed by atoms with Crippen molar-refractivity contribution < 1.29 is 4.79 Å². The largest absolute Gasteiger partial charge is 0.341 e. The minimum absolute atomic E-state index is 0.101. The highest BCUT2D eigenvalue weighted by Gasteiger charge is 2.34. The van der Waals surface area contributed by atoms with Gasteiger partial charge in [-0.25, -0.2) is 4.99 Å². The maximum atomic E-state index is 12.3. The van der Waals surface area contributed by atoms with Gasteiger partial charge in [0, 0.05) is 13.1 Å². The Morgan fingerprint density at radius 3 is 2.31 bits per heavy atom. The van der Waals surface area contributed by atoms with E-state index in [9.17, 15) is 4.79 Å². The van der Waals surface area contributed by atoms with Crippen LogP contribution in [0.2, 0.25) is 0 Å². The molecule has 3 nitrogen and oxygen atoms in total. The molecule has 16 heavy (non-hydrogen) atoms. The van der Waals surface area contributed by atoms with Crippen LogP contribution < -0.4 is 0 Å². The van der Waals surface area contributed by atoms with Gasteiger partial charge >= 0.3 is 0 Å². The summed E-state index contributed by atoms with van der Waals surface area (Å²) in [5.74, 6) is 0.101. The number of hydrogen-bond donors (Lipinski definition) is 0. The molecular formula is C12H20N2OS. The summed E-state index contributed by atoms with van der Waals surface area (Å²) in [6, 6.07) is -0.386. The molecule has 0 aromatic heterocycles. The van der Waals surface area contributed by atoms with Crippen molar-refractivity contribution in [3.8, 4) is 0 Å². The van der Waals surface area contributed by atoms with Crippen LogP contribution in [0.25, 0.3) is 0 Å². The molecule has 4 heteroatoms. The van der Waals surface area contributed by atoms with Gasteiger partial charge in [0.1, 0.15) is 6.04 Å². The highest BCUT2D eigenvalue weighted by Crippen LogP contribution is 2.25. The van der Waals surface area contributed by atoms with Crippen LogP contribution in [0.15, 0.2) is 4.99 Å². The Bertz CT molecular complexity index is 297. The second kappa shape index (κ2) is 5.55. The van der Waals surface area contributed by atoms with Crippen LogP contribution in [0.4, 0.5) is 0 Å². The number of isothiocyanates is 1. The third kappa shape index (κ3) is 3.39. The van der Waals surface area contributed by atoms with Gasteiger partial charge in [0.25, 0.3) is 0 Å². The zero-order valence-corrected chi connectivity index (χ0v) is 11.1. The first-order valence-electron chi connectivity index (χ1n) is 5.82. The predicted octanol–water partition coefficient (Wildman–Crippen LogP) is 2.52. The Balaban J connectivity index is 2.77. The molecule has 0 spiro atoms. The third-order valence-electron chi connectivity index (χ3n) is 2.90. The number of likely N-dealkylation sites (tertiary alicyclic amines) is 1. The molecule has 90 valence electrons. The van der Waals surface area contributed by atoms with Crippen molar-refractivity contribution in [3.05, 3.63) is 0 Å². The summed E-state index contributed by atoms with van der Waals surface area (Å²) in [6.45, 7) is 7.75. The van der Waals surface area contributed by atoms with E-state index in [1.54, 1.807) is 0 Å². The van der Waals surface area contributed by atoms with Crippen LogP contribution in [0.3, 0.4) is 0 Å². The van der Waals surface area contributed by atoms with Crippen molar-refractivity contribution in [2.45, 2.75) is 46.1 Å². The van der Waals surface area contributed by atoms with Crippen molar-refractivity contribution in [1.29, 1.82) is 0 Å². The summed E-state index contributed by atoms with van der Waals surface area (Å²) < 4.78 is 0. The topological polar surface area (TPSA) is 32.7 Å². The average Bonchev–Trinajstić information content (AvgIpc) is 2.25. The number of hydrogen-bond acceptors (Lipinski definition) is 3. The first-order chi connectivity index (χ1) is 7.46. The number of rotatable bonds is 2. The second-order valence-electron chi connectivity index (χ2n) is 5.37. The smallest absolute Gasteiger partial charge is 0.248 e. The molecule has 1 unspecified atom stereocenters. The fraction of sp³-hybridized carbons (Fsp3) is 0.833. The van der Waals surface area contributed by atoms with E-state index >= 15 is 0 Å². The number of piperidine rings is 1. The van der Waals surface area contributed by atoms with Crippen LogP contribution >= 0.6 is 12.2 Å². The van der Waals surface area contributed by atoms with Gasteiger partial charge in [-0.1, -0.05) is 20.8 Å². The maximum absolute atomic E-state index is 12.3. The zero-order valence-electron chi connectivity index (χ0n) is 10.3. The number of nitrogens with zero attached hydrogens (tertiary/aromatic N) is 2. The summed E-state index contributed by atoms with van der Waals surface area (Å²) in [5.41, 5.74) is -0.194. The van der Waals surface area contributed by atoms with Gasteiger partial charge in [-0.3, -0.25) is 4.79 Å². The molecule has 0 radical (unpaired) electrons. The molecule has 0 N–H and O–H groups in total. The number of carbonyl (C=O) groups excluding carboxylic acids is 1. The zero-order chi connectivity index (χ0) is 12.2. The first kappa shape index (κ1) is 13.3. The van der Waals surface area contributed by atoms with Crippen LogP contribution in [0, 0.1) is 5.41 Å². The van der Waals surface area contributed by atoms with Gasteiger partial charge in [0.05, 0.1) is 5.16 Å². The molecule has 1 rings (SSSR count). The lowest BCUT2D eigenvalue weighted by molar-refractivity contribution is -0.135. The van der Waals surface area contributed by atoms with Crippen molar-refractivity contribution in [3.63, 3.8) is 0 Å². The molecule has 1 heterocycles. The third-order valence-corrected chi connectivity index (χ3v) is 3.01. The Labute approximate surface area is 103 Å². The fourth-order valence-corrected chi connectivity index (χ4v) is 2.06. The molecule has 0 saturated carbocycles. The lowest BCUT2D eigenvalue weighted by Gasteiger charge is -2.33. The van der Waals surface area contributed by atoms with E-state index in [2.05, 4.69) is 22.4 Å². The average molecular weight is 240 g/mol. The quantitative estimate of drug-likeness (QED) is 0.549. The van der Waals surface area contributed by atoms with Gasteiger partial charge in [-0.2, -0.15) is 0 Å². The predicted molar refractivity (Wildman–Crippen MR) is 68.7 cm³/mol. The van der Waals surface area contributed by atoms with Gasteiger partial charge in [0.15, 0.2) is 0 Å². The summed E-state index contributed by atoms with van der Waals surface area (Å²) in [5, 5.41) is 2.36. The Kier molecular flexibility index (Phi) is 4.63. The van der Waals surface area contributed by atoms with E-state index in [0.717, 1.165) is 25.9 Å². The van der Waals surface area contributed by atoms with Crippen LogP contribution in [-0.4, -0.2) is 35.1 Å². The first-order valence-corrected chi connectivity index (χ1v) is 6.23. The highest BCUT2D eigenvalue weighted by molar-refractivity contribution is 7.78. The Morgan fingerprint density at radius 1 is 1.31 bits per heavy atom. The van der Waals surface area contributed by atoms with Crippen LogP contribution in [0.5, 0.6) is 0 Å². The monoisotopic (exact) mass is 240 g/mol. The molecule has 1 aliphatic heterocycles. The fourth-order valence-electron chi connectivity index (χ4n) is 1.96. The summed E-state index contributed by atoms with van der Waals surface area (Å²) in [7, 11) is 0. The summed E-state index contributed by atoms with van der Waals surface area (Å²) in [4.78, 5) is 18.2. The van der Waals surface area contributed by atoms with Gasteiger partial charge in [0.2, 0.25) is 5.91 Å². The molecule has 0 aliphatic carbocycles. The molecule has 0 bridgehead atoms. The standard InChI is InChI=1S/C12H20N2OS/c1-12(2,3)10(13-9-16)11(15)14-7-5-4-6-8-14/h10H,4-8H2,1-3H3. The SMILES string of the molecule is CC(C)(C)C(N=C=S)C(=O)N1CCCCC1. The molecule has 1 amide bonds. The van der Waals surface area contributed by atoms with E-state index in [4.69, 9.17) is 0 Å². The van der Waals surface area contributed by atoms with E-state index in [0.29, 0.717) is 0 Å². The van der Waals surface area contributed by atoms with Crippen molar-refractivity contribution >= 4 is 23.3 Å². The van der Waals surface area contributed by atoms with Crippen LogP contribution in [0.1, 0.15) is 40.0 Å². The van der Waals surface area contributed by atoms with Crippen molar-refractivity contribution in [1.82, 2.24) is 4.90 Å². The highest BCUT2D eigenvalue weighted by atomic mass is 32.1. The molecule has 0 aromatic carbocycles. The summed E-state index contributed by atoms with van der Waals surface area (Å²) in [6.07, 6.45) is 3.42. The number of amides is 1. The molecule has 1 fully saturated rings. The molecule has 1 saturated heterocycles. The van der Waals surface area contributed by atoms with Crippen LogP contribution in [-0.2, 0) is 4.79 Å². The Hall–Kier alpha value is -0.730. The van der Waals surface area contributed by atoms with Gasteiger partial charge in [-0.05, 0) is 36.9 Å². The number of aliphatic imine (C=N–C) groups is 1. The van der Waals surface area contributed by atoms with Gasteiger partial charge in [-0.15, -0.1) is 0 Å². The van der Waals surface area contributed by atoms with E-state index in [1.807, 2.05) is 25.7 Å². The summed E-state index contributed by atoms with van der Waals surface area (Å²) >= 11 is 4.63. The van der Waals surface area contributed by atoms with E-state index in [1.165, 1.54) is 6.42 Å². The van der Waals surface area contributed by atoms with E-state index < -0.39 is 0 Å². The second-order valence-corrected chi connectivity index (χ2v) is 5.56. The molecule has 1 atom stereocenters. The molecule has 0 aromatic rings. The molecular weight excluding hydrogens is 220 g/mol. The maximum Gasteiger partial charge on any atom is 0.248 e. The van der Waals surface area contributed by atoms with Crippen molar-refractivity contribution in [2.75, 3.05) is 13.1 Å². The number of thiocarbonyl (C=S) groups is 1. The van der Waals surface area contributed by atoms with E-state index in [-0.39, 0.29) is 17.4 Å². The lowest BCUT2D eigenvalue weighted by atomic mass is 9.86. The van der Waals surface area contributed by atoms with Gasteiger partial charge < -0.3 is 4.90 Å². The minimum atomic E-state index is -0.386. The normalized spacial score (nSPS) is 18.8. The lowest BCUT2D eigenvalue weighted by Crippen LogP contribution is -2.46. The van der Waals surface area contributed by atoms with Crippen molar-refractivity contribution in [2.24, 2.45) is 10.4 Å². The Morgan fingerprint density at radius 2 is 1.88 bits per heavy atom. The minimum Gasteiger partial charge on any atom is -0.341 e. The molecule has 1 aliphatic rings.